The summed E-state index contributed by atoms with van der Waals surface area (Å²) in [6.07, 6.45) is -6.17. The van der Waals surface area contributed by atoms with Crippen LogP contribution >= 0.6 is 11.6 Å². The highest BCUT2D eigenvalue weighted by Crippen LogP contribution is 2.80. The van der Waals surface area contributed by atoms with Crippen LogP contribution in [0.2, 0.25) is 0 Å². The third-order valence-electron chi connectivity index (χ3n) is 5.79. The Morgan fingerprint density at radius 2 is 1.23 bits per heavy atom. The van der Waals surface area contributed by atoms with Crippen LogP contribution in [0.5, 0.6) is 0 Å². The number of alkyl halides is 15. The van der Waals surface area contributed by atoms with Crippen molar-refractivity contribution in [3.8, 4) is 0 Å². The zero-order valence-corrected chi connectivity index (χ0v) is 17.0. The highest BCUT2D eigenvalue weighted by atomic mass is 35.5. The number of esters is 2. The van der Waals surface area contributed by atoms with Gasteiger partial charge < -0.3 is 14.6 Å². The monoisotopic (exact) mass is 570 g/mol. The molecular formula is C15H9ClF14O5. The molecule has 35 heavy (non-hydrogen) atoms. The van der Waals surface area contributed by atoms with Crippen LogP contribution in [0.4, 0.5) is 61.5 Å². The highest BCUT2D eigenvalue weighted by molar-refractivity contribution is 6.26. The third-order valence-corrected chi connectivity index (χ3v) is 6.01. The van der Waals surface area contributed by atoms with E-state index in [4.69, 9.17) is 11.6 Å². The molecule has 204 valence electrons. The molecule has 1 N–H and O–H groups in total. The molecule has 2 saturated carbocycles. The van der Waals surface area contributed by atoms with E-state index in [1.54, 1.807) is 0 Å². The minimum Gasteiger partial charge on any atom is -0.453 e. The van der Waals surface area contributed by atoms with Crippen molar-refractivity contribution in [2.24, 2.45) is 0 Å². The normalized spacial score (nSPS) is 40.2. The zero-order chi connectivity index (χ0) is 28.1. The van der Waals surface area contributed by atoms with Crippen molar-refractivity contribution in [3.63, 3.8) is 0 Å². The number of rotatable bonds is 5. The second-order valence-electron chi connectivity index (χ2n) is 7.56. The molecule has 0 amide bonds. The summed E-state index contributed by atoms with van der Waals surface area (Å²) in [4.78, 5) is 22.5. The first-order valence-corrected chi connectivity index (χ1v) is 9.03. The number of aliphatic hydroxyl groups is 1. The Balaban J connectivity index is 3.09. The van der Waals surface area contributed by atoms with E-state index in [-0.39, 0.29) is 0 Å². The number of carbonyl (C=O) groups excluding carboxylic acids is 2. The van der Waals surface area contributed by atoms with E-state index >= 15 is 4.39 Å². The van der Waals surface area contributed by atoms with Gasteiger partial charge in [0.2, 0.25) is 0 Å². The van der Waals surface area contributed by atoms with Gasteiger partial charge in [0.25, 0.3) is 6.43 Å². The van der Waals surface area contributed by atoms with Crippen molar-refractivity contribution >= 4 is 23.5 Å². The molecule has 2 rings (SSSR count). The molecular weight excluding hydrogens is 562 g/mol. The molecule has 0 aromatic rings. The number of hydrogen-bond donors (Lipinski definition) is 1. The second kappa shape index (κ2) is 7.38. The number of halogens is 15. The van der Waals surface area contributed by atoms with Crippen LogP contribution in [0.15, 0.2) is 0 Å². The van der Waals surface area contributed by atoms with Gasteiger partial charge in [0, 0.05) is 0 Å². The summed E-state index contributed by atoms with van der Waals surface area (Å²) in [6, 6.07) is 0. The molecule has 5 nitrogen and oxygen atoms in total. The van der Waals surface area contributed by atoms with Crippen molar-refractivity contribution in [1.82, 2.24) is 0 Å². The molecule has 2 aliphatic rings. The summed E-state index contributed by atoms with van der Waals surface area (Å²) in [6.45, 7) is -3.47. The minimum atomic E-state index is -7.95. The fraction of sp³-hybridized carbons (Fsp3) is 0.867. The van der Waals surface area contributed by atoms with E-state index in [1.807, 2.05) is 0 Å². The Kier molecular flexibility index (Phi) is 6.21. The van der Waals surface area contributed by atoms with E-state index in [1.165, 1.54) is 0 Å². The van der Waals surface area contributed by atoms with Crippen LogP contribution in [0.3, 0.4) is 0 Å². The van der Waals surface area contributed by atoms with Gasteiger partial charge in [-0.25, -0.2) is 22.4 Å². The maximum atomic E-state index is 15.1. The first-order chi connectivity index (χ1) is 15.3. The van der Waals surface area contributed by atoms with Gasteiger partial charge in [0.05, 0.1) is 0 Å². The topological polar surface area (TPSA) is 72.8 Å². The quantitative estimate of drug-likeness (QED) is 0.310. The summed E-state index contributed by atoms with van der Waals surface area (Å²) in [5.74, 6) is -44.4. The molecule has 2 fully saturated rings. The van der Waals surface area contributed by atoms with Crippen LogP contribution in [0, 0.1) is 0 Å². The SMILES string of the molecule is CC1(O)C(F)(F)C2(F)C(F)(F)C(F)(C(F)F)C(F)(F)C(OC(=O)COC(=O)CCl)(C1(F)F)C2(F)F. The first kappa shape index (κ1) is 29.4. The van der Waals surface area contributed by atoms with E-state index in [2.05, 4.69) is 9.47 Å². The molecule has 4 unspecified atom stereocenters. The lowest BCUT2D eigenvalue weighted by molar-refractivity contribution is -0.557. The number of fused-ring (bicyclic) bond motifs is 2. The summed E-state index contributed by atoms with van der Waals surface area (Å²) in [5, 5.41) is 9.50. The highest BCUT2D eigenvalue weighted by Gasteiger charge is 3.14. The molecule has 2 bridgehead atoms. The van der Waals surface area contributed by atoms with Gasteiger partial charge in [-0.15, -0.1) is 11.6 Å². The van der Waals surface area contributed by atoms with Crippen molar-refractivity contribution in [2.75, 3.05) is 12.5 Å². The van der Waals surface area contributed by atoms with Crippen LogP contribution in [-0.4, -0.2) is 88.1 Å². The van der Waals surface area contributed by atoms with Gasteiger partial charge in [-0.2, -0.15) is 43.9 Å². The number of hydrogen-bond acceptors (Lipinski definition) is 5. The van der Waals surface area contributed by atoms with Crippen LogP contribution in [0.25, 0.3) is 0 Å². The van der Waals surface area contributed by atoms with E-state index in [0.29, 0.717) is 0 Å². The van der Waals surface area contributed by atoms with Crippen molar-refractivity contribution in [3.05, 3.63) is 0 Å². The fourth-order valence-electron chi connectivity index (χ4n) is 3.85. The van der Waals surface area contributed by atoms with Gasteiger partial charge in [-0.1, -0.05) is 0 Å². The molecule has 0 heterocycles. The summed E-state index contributed by atoms with van der Waals surface area (Å²) in [7, 11) is 0. The second-order valence-corrected chi connectivity index (χ2v) is 7.83. The number of carbonyl (C=O) groups is 2. The summed E-state index contributed by atoms with van der Waals surface area (Å²) >= 11 is 4.87. The predicted molar refractivity (Wildman–Crippen MR) is 79.5 cm³/mol. The van der Waals surface area contributed by atoms with Gasteiger partial charge in [-0.05, 0) is 6.92 Å². The Morgan fingerprint density at radius 1 is 0.771 bits per heavy atom. The Hall–Kier alpha value is -1.79. The molecule has 0 radical (unpaired) electrons. The molecule has 0 saturated heterocycles. The Morgan fingerprint density at radius 3 is 1.63 bits per heavy atom. The summed E-state index contributed by atoms with van der Waals surface area (Å²) < 4.78 is 210. The predicted octanol–water partition coefficient (Wildman–Crippen LogP) is 3.69. The van der Waals surface area contributed by atoms with Crippen molar-refractivity contribution in [1.29, 1.82) is 0 Å². The average Bonchev–Trinajstić information content (AvgIpc) is 2.71. The average molecular weight is 571 g/mol. The number of ether oxygens (including phenoxy) is 2. The molecule has 20 heteroatoms. The first-order valence-electron chi connectivity index (χ1n) is 8.50. The lowest BCUT2D eigenvalue weighted by Crippen LogP contribution is -3.01. The third kappa shape index (κ3) is 2.61. The van der Waals surface area contributed by atoms with E-state index < -0.39 is 89.9 Å². The van der Waals surface area contributed by atoms with Gasteiger partial charge in [0.15, 0.2) is 12.2 Å². The van der Waals surface area contributed by atoms with E-state index in [0.717, 1.165) is 0 Å². The fourth-order valence-corrected chi connectivity index (χ4v) is 3.93. The van der Waals surface area contributed by atoms with Crippen LogP contribution in [0.1, 0.15) is 6.92 Å². The van der Waals surface area contributed by atoms with Gasteiger partial charge in [0.1, 0.15) is 5.88 Å². The molecule has 0 aromatic heterocycles. The lowest BCUT2D eigenvalue weighted by Gasteiger charge is -2.68. The molecule has 4 atom stereocenters. The molecule has 2 aliphatic carbocycles. The lowest BCUT2D eigenvalue weighted by atomic mass is 9.49. The summed E-state index contributed by atoms with van der Waals surface area (Å²) in [5.41, 5.74) is -28.9. The standard InChI is InChI=1S/C15H9ClF14O5/c1-7(33)11(21,22)9(20)13(25,26)8(19,6(17)18)14(27,28)10(12(7,23)24,15(9,29)30)35-5(32)3-34-4(31)2-16/h6,33H,2-3H2,1H3. The molecule has 0 aromatic carbocycles. The van der Waals surface area contributed by atoms with Crippen molar-refractivity contribution in [2.45, 2.75) is 65.5 Å². The van der Waals surface area contributed by atoms with Crippen molar-refractivity contribution < 1.29 is 85.6 Å². The Bertz CT molecular complexity index is 916. The molecule has 0 spiro atoms. The van der Waals surface area contributed by atoms with Gasteiger partial charge in [-0.3, -0.25) is 4.79 Å². The largest absolute Gasteiger partial charge is 0.453 e. The minimum absolute atomic E-state index is 1.15. The Labute approximate surface area is 188 Å². The zero-order valence-electron chi connectivity index (χ0n) is 16.2. The van der Waals surface area contributed by atoms with Crippen LogP contribution < -0.4 is 0 Å². The van der Waals surface area contributed by atoms with E-state index in [9.17, 15) is 71.8 Å². The maximum Gasteiger partial charge on any atom is 0.345 e. The van der Waals surface area contributed by atoms with Crippen LogP contribution in [-0.2, 0) is 19.1 Å². The molecule has 0 aliphatic heterocycles. The van der Waals surface area contributed by atoms with Gasteiger partial charge >= 0.3 is 58.5 Å². The smallest absolute Gasteiger partial charge is 0.345 e. The maximum absolute atomic E-state index is 15.1.